The second-order valence-electron chi connectivity index (χ2n) is 9.90. The first-order chi connectivity index (χ1) is 18.2. The average molecular weight is 530 g/mol. The number of piperidine rings is 1. The standard InChI is InChI=1S/C25H35N7O6/c1-4-27-23(35)20-18(33)19(34)24(38-20)32-13-28-17-21(26)29-16(30-22(17)32)10-7-9-15-8-5-6-11-31(15)25(36)37-12-14(2)3/h13-15,18-20,24,33-34H,4-6,8-9,11-12H2,1-3H3,(H,27,35)(H2,26,29,30)/t15?,18-,19+,20-,24+/m0/s1. The first-order valence-corrected chi connectivity index (χ1v) is 12.9. The van der Waals surface area contributed by atoms with Crippen LogP contribution in [0.3, 0.4) is 0 Å². The number of aliphatic hydroxyl groups excluding tert-OH is 2. The molecule has 2 fully saturated rings. The number of carbonyl (C=O) groups excluding carboxylic acids is 2. The number of imidazole rings is 1. The molecule has 13 heteroatoms. The van der Waals surface area contributed by atoms with E-state index in [0.717, 1.165) is 19.3 Å². The maximum atomic E-state index is 12.6. The number of nitrogens with two attached hydrogens (primary N) is 1. The van der Waals surface area contributed by atoms with E-state index in [2.05, 4.69) is 32.1 Å². The lowest BCUT2D eigenvalue weighted by Crippen LogP contribution is -2.44. The zero-order valence-electron chi connectivity index (χ0n) is 21.8. The third-order valence-electron chi connectivity index (χ3n) is 6.51. The number of fused-ring (bicyclic) bond motifs is 1. The highest BCUT2D eigenvalue weighted by Crippen LogP contribution is 2.32. The molecule has 2 amide bonds. The molecule has 5 atom stereocenters. The van der Waals surface area contributed by atoms with E-state index < -0.39 is 30.4 Å². The van der Waals surface area contributed by atoms with E-state index in [1.807, 2.05) is 13.8 Å². The SMILES string of the molecule is CCNC(=O)[C@H]1O[C@@H](n2cnc3c(N)nc(C#CCC4CCCCN4C(=O)OCC(C)C)nc32)[C@H](O)[C@@H]1O. The molecule has 2 aliphatic rings. The van der Waals surface area contributed by atoms with Crippen LogP contribution < -0.4 is 11.1 Å². The number of nitrogen functional groups attached to an aromatic ring is 1. The number of amides is 2. The Balaban J connectivity index is 1.52. The number of anilines is 1. The summed E-state index contributed by atoms with van der Waals surface area (Å²) < 4.78 is 12.5. The van der Waals surface area contributed by atoms with Gasteiger partial charge in [-0.05, 0) is 38.0 Å². The zero-order chi connectivity index (χ0) is 27.4. The fraction of sp³-hybridized carbons (Fsp3) is 0.640. The summed E-state index contributed by atoms with van der Waals surface area (Å²) in [5.41, 5.74) is 6.61. The molecule has 4 rings (SSSR count). The molecule has 0 aromatic carbocycles. The van der Waals surface area contributed by atoms with Gasteiger partial charge in [-0.1, -0.05) is 19.8 Å². The number of nitrogens with one attached hydrogen (secondary N) is 1. The second-order valence-corrected chi connectivity index (χ2v) is 9.90. The monoisotopic (exact) mass is 529 g/mol. The van der Waals surface area contributed by atoms with Crippen LogP contribution in [-0.2, 0) is 14.3 Å². The van der Waals surface area contributed by atoms with Gasteiger partial charge in [0.15, 0.2) is 23.8 Å². The molecule has 2 aromatic rings. The van der Waals surface area contributed by atoms with Crippen LogP contribution in [0.15, 0.2) is 6.33 Å². The smallest absolute Gasteiger partial charge is 0.410 e. The highest BCUT2D eigenvalue weighted by Gasteiger charge is 2.47. The first-order valence-electron chi connectivity index (χ1n) is 12.9. The Labute approximate surface area is 220 Å². The van der Waals surface area contributed by atoms with Crippen molar-refractivity contribution in [3.8, 4) is 11.8 Å². The van der Waals surface area contributed by atoms with Crippen LogP contribution in [-0.4, -0.2) is 90.7 Å². The number of aromatic nitrogens is 4. The third-order valence-corrected chi connectivity index (χ3v) is 6.51. The van der Waals surface area contributed by atoms with Crippen molar-refractivity contribution in [2.45, 2.75) is 77.0 Å². The summed E-state index contributed by atoms with van der Waals surface area (Å²) in [7, 11) is 0. The Kier molecular flexibility index (Phi) is 8.65. The average Bonchev–Trinajstić information content (AvgIpc) is 3.44. The molecule has 2 aliphatic heterocycles. The lowest BCUT2D eigenvalue weighted by molar-refractivity contribution is -0.137. The Morgan fingerprint density at radius 2 is 2.08 bits per heavy atom. The van der Waals surface area contributed by atoms with Gasteiger partial charge in [-0.15, -0.1) is 0 Å². The summed E-state index contributed by atoms with van der Waals surface area (Å²) in [5.74, 6) is 5.92. The number of nitrogens with zero attached hydrogens (tertiary/aromatic N) is 5. The Hall–Kier alpha value is -3.47. The van der Waals surface area contributed by atoms with Crippen molar-refractivity contribution in [2.24, 2.45) is 5.92 Å². The van der Waals surface area contributed by atoms with Crippen LogP contribution in [0.1, 0.15) is 58.5 Å². The summed E-state index contributed by atoms with van der Waals surface area (Å²) in [6.07, 6.45) is -1.01. The lowest BCUT2D eigenvalue weighted by Gasteiger charge is -2.34. The van der Waals surface area contributed by atoms with Crippen LogP contribution in [0.4, 0.5) is 10.6 Å². The van der Waals surface area contributed by atoms with Crippen LogP contribution in [0, 0.1) is 17.8 Å². The molecule has 2 aromatic heterocycles. The number of likely N-dealkylation sites (N-methyl/N-ethyl adjacent to an activating group) is 1. The Bertz CT molecular complexity index is 1220. The molecule has 1 unspecified atom stereocenters. The molecule has 206 valence electrons. The van der Waals surface area contributed by atoms with Gasteiger partial charge in [-0.3, -0.25) is 9.36 Å². The molecular formula is C25H35N7O6. The van der Waals surface area contributed by atoms with Gasteiger partial charge >= 0.3 is 6.09 Å². The summed E-state index contributed by atoms with van der Waals surface area (Å²) in [6, 6.07) is -0.0720. The quantitative estimate of drug-likeness (QED) is 0.386. The van der Waals surface area contributed by atoms with Crippen LogP contribution in [0.25, 0.3) is 11.2 Å². The number of rotatable bonds is 6. The van der Waals surface area contributed by atoms with Crippen LogP contribution >= 0.6 is 0 Å². The second kappa shape index (κ2) is 11.9. The fourth-order valence-electron chi connectivity index (χ4n) is 4.58. The molecule has 0 radical (unpaired) electrons. The third kappa shape index (κ3) is 5.82. The van der Waals surface area contributed by atoms with Crippen molar-refractivity contribution in [1.82, 2.24) is 29.7 Å². The van der Waals surface area contributed by atoms with Crippen LogP contribution in [0.2, 0.25) is 0 Å². The highest BCUT2D eigenvalue weighted by atomic mass is 16.6. The van der Waals surface area contributed by atoms with E-state index in [1.54, 1.807) is 11.8 Å². The predicted octanol–water partition coefficient (Wildman–Crippen LogP) is 0.553. The van der Waals surface area contributed by atoms with Gasteiger partial charge in [0.05, 0.1) is 12.9 Å². The van der Waals surface area contributed by atoms with E-state index in [1.165, 1.54) is 10.9 Å². The largest absolute Gasteiger partial charge is 0.449 e. The minimum Gasteiger partial charge on any atom is -0.449 e. The molecule has 2 saturated heterocycles. The molecule has 38 heavy (non-hydrogen) atoms. The van der Waals surface area contributed by atoms with Crippen molar-refractivity contribution in [1.29, 1.82) is 0 Å². The van der Waals surface area contributed by atoms with Gasteiger partial charge in [0, 0.05) is 25.6 Å². The van der Waals surface area contributed by atoms with Gasteiger partial charge in [-0.25, -0.2) is 19.7 Å². The van der Waals surface area contributed by atoms with Gasteiger partial charge in [0.1, 0.15) is 17.7 Å². The molecule has 0 spiro atoms. The fourth-order valence-corrected chi connectivity index (χ4v) is 4.58. The lowest BCUT2D eigenvalue weighted by atomic mass is 10.00. The summed E-state index contributed by atoms with van der Waals surface area (Å²) in [6.45, 7) is 7.07. The van der Waals surface area contributed by atoms with E-state index >= 15 is 0 Å². The minimum atomic E-state index is -1.44. The van der Waals surface area contributed by atoms with E-state index in [9.17, 15) is 19.8 Å². The van der Waals surface area contributed by atoms with Crippen molar-refractivity contribution < 1.29 is 29.3 Å². The highest BCUT2D eigenvalue weighted by molar-refractivity contribution is 5.83. The van der Waals surface area contributed by atoms with E-state index in [-0.39, 0.29) is 40.9 Å². The van der Waals surface area contributed by atoms with E-state index in [0.29, 0.717) is 26.1 Å². The normalized spacial score (nSPS) is 25.3. The number of carbonyl (C=O) groups is 2. The molecule has 0 bridgehead atoms. The first kappa shape index (κ1) is 27.6. The minimum absolute atomic E-state index is 0.0720. The summed E-state index contributed by atoms with van der Waals surface area (Å²) in [4.78, 5) is 39.4. The van der Waals surface area contributed by atoms with Crippen molar-refractivity contribution >= 4 is 29.0 Å². The Morgan fingerprint density at radius 3 is 2.82 bits per heavy atom. The number of likely N-dealkylation sites (tertiary alicyclic amines) is 1. The molecule has 5 N–H and O–H groups in total. The molecular weight excluding hydrogens is 494 g/mol. The summed E-state index contributed by atoms with van der Waals surface area (Å²) >= 11 is 0. The molecule has 13 nitrogen and oxygen atoms in total. The molecule has 0 aliphatic carbocycles. The van der Waals surface area contributed by atoms with Crippen molar-refractivity contribution in [2.75, 3.05) is 25.4 Å². The van der Waals surface area contributed by atoms with Crippen molar-refractivity contribution in [3.63, 3.8) is 0 Å². The predicted molar refractivity (Wildman–Crippen MR) is 136 cm³/mol. The topological polar surface area (TPSA) is 178 Å². The number of hydrogen-bond donors (Lipinski definition) is 4. The molecule has 4 heterocycles. The van der Waals surface area contributed by atoms with Gasteiger partial charge < -0.3 is 35.6 Å². The van der Waals surface area contributed by atoms with Gasteiger partial charge in [0.2, 0.25) is 5.82 Å². The van der Waals surface area contributed by atoms with Gasteiger partial charge in [0.25, 0.3) is 5.91 Å². The zero-order valence-corrected chi connectivity index (χ0v) is 21.8. The maximum Gasteiger partial charge on any atom is 0.410 e. The number of hydrogen-bond acceptors (Lipinski definition) is 10. The van der Waals surface area contributed by atoms with E-state index in [4.69, 9.17) is 15.2 Å². The number of ether oxygens (including phenoxy) is 2. The maximum absolute atomic E-state index is 12.6. The van der Waals surface area contributed by atoms with Crippen molar-refractivity contribution in [3.05, 3.63) is 12.2 Å². The molecule has 0 saturated carbocycles. The summed E-state index contributed by atoms with van der Waals surface area (Å²) in [5, 5.41) is 23.5. The van der Waals surface area contributed by atoms with Crippen LogP contribution in [0.5, 0.6) is 0 Å². The Morgan fingerprint density at radius 1 is 1.29 bits per heavy atom. The number of aliphatic hydroxyl groups is 2. The van der Waals surface area contributed by atoms with Gasteiger partial charge in [-0.2, -0.15) is 0 Å².